The van der Waals surface area contributed by atoms with Gasteiger partial charge in [-0.1, -0.05) is 18.2 Å². The van der Waals surface area contributed by atoms with Crippen LogP contribution in [0, 0.1) is 17.1 Å². The Balaban J connectivity index is 1.69. The van der Waals surface area contributed by atoms with Gasteiger partial charge >= 0.3 is 0 Å². The van der Waals surface area contributed by atoms with E-state index in [1.54, 1.807) is 60.7 Å². The Bertz CT molecular complexity index is 976. The van der Waals surface area contributed by atoms with Crippen LogP contribution in [-0.2, 0) is 0 Å². The smallest absolute Gasteiger partial charge is 0.255 e. The summed E-state index contributed by atoms with van der Waals surface area (Å²) in [6.07, 6.45) is -0.289. The molecule has 27 heavy (non-hydrogen) atoms. The van der Waals surface area contributed by atoms with Gasteiger partial charge in [0.1, 0.15) is 17.7 Å². The number of hydrogen-bond acceptors (Lipinski definition) is 3. The zero-order chi connectivity index (χ0) is 19.2. The highest BCUT2D eigenvalue weighted by molar-refractivity contribution is 6.04. The van der Waals surface area contributed by atoms with Crippen molar-refractivity contribution in [2.24, 2.45) is 0 Å². The zero-order valence-electron chi connectivity index (χ0n) is 14.6. The van der Waals surface area contributed by atoms with Crippen molar-refractivity contribution in [2.75, 3.05) is 5.32 Å². The number of amides is 1. The third kappa shape index (κ3) is 4.71. The highest BCUT2D eigenvalue weighted by atomic mass is 19.1. The number of benzene rings is 3. The van der Waals surface area contributed by atoms with Gasteiger partial charge in [-0.15, -0.1) is 0 Å². The first-order valence-electron chi connectivity index (χ1n) is 8.39. The SMILES string of the molecule is CC(Oc1cccc(C(=O)Nc2ccc(C#N)cc2)c1)c1ccc(F)cc1. The summed E-state index contributed by atoms with van der Waals surface area (Å²) in [5.41, 5.74) is 2.41. The van der Waals surface area contributed by atoms with Crippen LogP contribution in [0.3, 0.4) is 0 Å². The highest BCUT2D eigenvalue weighted by Crippen LogP contribution is 2.23. The van der Waals surface area contributed by atoms with Crippen LogP contribution < -0.4 is 10.1 Å². The second kappa shape index (κ2) is 8.15. The Hall–Kier alpha value is -3.65. The van der Waals surface area contributed by atoms with Crippen molar-refractivity contribution >= 4 is 11.6 Å². The predicted octanol–water partition coefficient (Wildman–Crippen LogP) is 5.09. The van der Waals surface area contributed by atoms with Gasteiger partial charge in [0.2, 0.25) is 0 Å². The molecule has 0 heterocycles. The number of anilines is 1. The molecule has 0 aliphatic heterocycles. The maximum absolute atomic E-state index is 13.0. The Labute approximate surface area is 156 Å². The van der Waals surface area contributed by atoms with Gasteiger partial charge in [-0.05, 0) is 67.1 Å². The molecule has 0 radical (unpaired) electrons. The molecule has 0 fully saturated rings. The van der Waals surface area contributed by atoms with Crippen molar-refractivity contribution < 1.29 is 13.9 Å². The Morgan fingerprint density at radius 3 is 2.44 bits per heavy atom. The fourth-order valence-corrected chi connectivity index (χ4v) is 2.55. The minimum atomic E-state index is -0.299. The van der Waals surface area contributed by atoms with E-state index in [0.717, 1.165) is 5.56 Å². The largest absolute Gasteiger partial charge is 0.486 e. The van der Waals surface area contributed by atoms with Crippen LogP contribution in [0.5, 0.6) is 5.75 Å². The third-order valence-electron chi connectivity index (χ3n) is 4.02. The monoisotopic (exact) mass is 360 g/mol. The minimum Gasteiger partial charge on any atom is -0.486 e. The van der Waals surface area contributed by atoms with Crippen LogP contribution in [0.15, 0.2) is 72.8 Å². The molecule has 0 aromatic heterocycles. The van der Waals surface area contributed by atoms with Crippen LogP contribution >= 0.6 is 0 Å². The molecular formula is C22H17FN2O2. The molecule has 134 valence electrons. The molecule has 1 atom stereocenters. The molecule has 3 aromatic rings. The number of carbonyl (C=O) groups excluding carboxylic acids is 1. The van der Waals surface area contributed by atoms with Gasteiger partial charge in [-0.25, -0.2) is 4.39 Å². The summed E-state index contributed by atoms with van der Waals surface area (Å²) in [5.74, 6) is -0.0358. The van der Waals surface area contributed by atoms with Gasteiger partial charge in [-0.3, -0.25) is 4.79 Å². The number of rotatable bonds is 5. The average molecular weight is 360 g/mol. The van der Waals surface area contributed by atoms with E-state index in [0.29, 0.717) is 22.6 Å². The van der Waals surface area contributed by atoms with Crippen LogP contribution in [0.1, 0.15) is 34.5 Å². The number of halogens is 1. The molecule has 0 aliphatic rings. The van der Waals surface area contributed by atoms with E-state index < -0.39 is 0 Å². The maximum Gasteiger partial charge on any atom is 0.255 e. The molecule has 3 rings (SSSR count). The van der Waals surface area contributed by atoms with Crippen LogP contribution in [0.4, 0.5) is 10.1 Å². The summed E-state index contributed by atoms with van der Waals surface area (Å²) in [5, 5.41) is 11.6. The van der Waals surface area contributed by atoms with Crippen molar-refractivity contribution in [3.05, 3.63) is 95.3 Å². The summed E-state index contributed by atoms with van der Waals surface area (Å²) in [4.78, 5) is 12.4. The first-order valence-corrected chi connectivity index (χ1v) is 8.39. The summed E-state index contributed by atoms with van der Waals surface area (Å²) in [6, 6.07) is 21.6. The molecule has 0 saturated heterocycles. The summed E-state index contributed by atoms with van der Waals surface area (Å²) in [7, 11) is 0. The molecule has 1 N–H and O–H groups in total. The molecule has 4 nitrogen and oxygen atoms in total. The first-order chi connectivity index (χ1) is 13.0. The summed E-state index contributed by atoms with van der Waals surface area (Å²) in [6.45, 7) is 1.86. The fraction of sp³-hybridized carbons (Fsp3) is 0.0909. The normalized spacial score (nSPS) is 11.3. The van der Waals surface area contributed by atoms with E-state index in [1.165, 1.54) is 12.1 Å². The lowest BCUT2D eigenvalue weighted by Crippen LogP contribution is -2.12. The number of carbonyl (C=O) groups is 1. The van der Waals surface area contributed by atoms with Crippen LogP contribution in [0.25, 0.3) is 0 Å². The van der Waals surface area contributed by atoms with Crippen LogP contribution in [0.2, 0.25) is 0 Å². The second-order valence-corrected chi connectivity index (χ2v) is 5.98. The van der Waals surface area contributed by atoms with Crippen molar-refractivity contribution in [1.82, 2.24) is 0 Å². The Morgan fingerprint density at radius 2 is 1.78 bits per heavy atom. The van der Waals surface area contributed by atoms with Gasteiger partial charge in [0.05, 0.1) is 11.6 Å². The van der Waals surface area contributed by atoms with E-state index in [2.05, 4.69) is 5.32 Å². The Kier molecular flexibility index (Phi) is 5.48. The Morgan fingerprint density at radius 1 is 1.07 bits per heavy atom. The molecule has 3 aromatic carbocycles. The second-order valence-electron chi connectivity index (χ2n) is 5.98. The molecule has 0 spiro atoms. The standard InChI is InChI=1S/C22H17FN2O2/c1-15(17-7-9-19(23)10-8-17)27-21-4-2-3-18(13-21)22(26)25-20-11-5-16(14-24)6-12-20/h2-13,15H,1H3,(H,25,26). The van der Waals surface area contributed by atoms with E-state index in [9.17, 15) is 9.18 Å². The molecule has 0 saturated carbocycles. The average Bonchev–Trinajstić information content (AvgIpc) is 2.69. The minimum absolute atomic E-state index is 0.278. The molecule has 1 unspecified atom stereocenters. The van der Waals surface area contributed by atoms with Gasteiger partial charge < -0.3 is 10.1 Å². The molecule has 1 amide bonds. The van der Waals surface area contributed by atoms with Gasteiger partial charge in [0.15, 0.2) is 0 Å². The number of ether oxygens (including phenoxy) is 1. The van der Waals surface area contributed by atoms with Crippen molar-refractivity contribution in [3.63, 3.8) is 0 Å². The van der Waals surface area contributed by atoms with Gasteiger partial charge in [0.25, 0.3) is 5.91 Å². The number of nitrogens with one attached hydrogen (secondary N) is 1. The number of nitrogens with zero attached hydrogens (tertiary/aromatic N) is 1. The maximum atomic E-state index is 13.0. The number of nitriles is 1. The van der Waals surface area contributed by atoms with Crippen molar-refractivity contribution in [1.29, 1.82) is 5.26 Å². The molecule has 5 heteroatoms. The quantitative estimate of drug-likeness (QED) is 0.689. The fourth-order valence-electron chi connectivity index (χ4n) is 2.55. The lowest BCUT2D eigenvalue weighted by molar-refractivity contribution is 0.102. The lowest BCUT2D eigenvalue weighted by atomic mass is 10.1. The molecule has 0 bridgehead atoms. The van der Waals surface area contributed by atoms with Gasteiger partial charge in [0, 0.05) is 11.3 Å². The summed E-state index contributed by atoms with van der Waals surface area (Å²) >= 11 is 0. The lowest BCUT2D eigenvalue weighted by Gasteiger charge is -2.16. The first kappa shape index (κ1) is 18.2. The van der Waals surface area contributed by atoms with Crippen molar-refractivity contribution in [3.8, 4) is 11.8 Å². The van der Waals surface area contributed by atoms with E-state index >= 15 is 0 Å². The van der Waals surface area contributed by atoms with Crippen LogP contribution in [-0.4, -0.2) is 5.91 Å². The summed E-state index contributed by atoms with van der Waals surface area (Å²) < 4.78 is 18.9. The van der Waals surface area contributed by atoms with E-state index in [4.69, 9.17) is 10.00 Å². The van der Waals surface area contributed by atoms with E-state index in [1.807, 2.05) is 13.0 Å². The predicted molar refractivity (Wildman–Crippen MR) is 101 cm³/mol. The van der Waals surface area contributed by atoms with Crippen molar-refractivity contribution in [2.45, 2.75) is 13.0 Å². The molecular weight excluding hydrogens is 343 g/mol. The highest BCUT2D eigenvalue weighted by Gasteiger charge is 2.11. The number of hydrogen-bond donors (Lipinski definition) is 1. The molecule has 0 aliphatic carbocycles. The van der Waals surface area contributed by atoms with Gasteiger partial charge in [-0.2, -0.15) is 5.26 Å². The zero-order valence-corrected chi connectivity index (χ0v) is 14.6. The topological polar surface area (TPSA) is 62.1 Å². The van der Waals surface area contributed by atoms with E-state index in [-0.39, 0.29) is 17.8 Å². The third-order valence-corrected chi connectivity index (χ3v) is 4.02.